The first-order valence-corrected chi connectivity index (χ1v) is 8.21. The molecule has 0 atom stereocenters. The number of hydrogen-bond acceptors (Lipinski definition) is 5. The Morgan fingerprint density at radius 1 is 1.00 bits per heavy atom. The third kappa shape index (κ3) is 3.19. The second kappa shape index (κ2) is 6.80. The molecule has 0 aliphatic rings. The van der Waals surface area contributed by atoms with Crippen LogP contribution in [-0.2, 0) is 16.1 Å². The molecule has 0 saturated carbocycles. The zero-order valence-electron chi connectivity index (χ0n) is 13.8. The first-order valence-electron chi connectivity index (χ1n) is 8.21. The monoisotopic (exact) mass is 345 g/mol. The van der Waals surface area contributed by atoms with E-state index in [4.69, 9.17) is 9.15 Å². The Labute approximate surface area is 149 Å². The van der Waals surface area contributed by atoms with Crippen molar-refractivity contribution in [3.05, 3.63) is 78.2 Å². The van der Waals surface area contributed by atoms with Gasteiger partial charge in [-0.2, -0.15) is 0 Å². The van der Waals surface area contributed by atoms with Crippen LogP contribution in [0.3, 0.4) is 0 Å². The van der Waals surface area contributed by atoms with Crippen molar-refractivity contribution in [1.29, 1.82) is 0 Å². The molecule has 2 heterocycles. The molecule has 0 N–H and O–H groups in total. The van der Waals surface area contributed by atoms with Crippen LogP contribution in [0.1, 0.15) is 22.5 Å². The van der Waals surface area contributed by atoms with E-state index in [1.54, 1.807) is 12.3 Å². The number of ether oxygens (including phenoxy) is 1. The van der Waals surface area contributed by atoms with E-state index in [9.17, 15) is 9.59 Å². The minimum Gasteiger partial charge on any atom is -0.460 e. The average Bonchev–Trinajstić information content (AvgIpc) is 3.12. The van der Waals surface area contributed by atoms with E-state index < -0.39 is 11.8 Å². The van der Waals surface area contributed by atoms with Gasteiger partial charge in [0.05, 0.1) is 5.52 Å². The Hall–Kier alpha value is -3.47. The normalized spacial score (nSPS) is 10.9. The number of rotatable bonds is 5. The molecule has 0 fully saturated rings. The average molecular weight is 345 g/mol. The molecular formula is C21H15NO4. The summed E-state index contributed by atoms with van der Waals surface area (Å²) in [7, 11) is 0. The second-order valence-electron chi connectivity index (χ2n) is 5.92. The number of benzene rings is 2. The molecule has 0 amide bonds. The largest absolute Gasteiger partial charge is 0.460 e. The summed E-state index contributed by atoms with van der Waals surface area (Å²) >= 11 is 0. The summed E-state index contributed by atoms with van der Waals surface area (Å²) in [6.45, 7) is 0.141. The maximum absolute atomic E-state index is 12.4. The van der Waals surface area contributed by atoms with Gasteiger partial charge in [-0.1, -0.05) is 42.5 Å². The molecule has 0 aliphatic heterocycles. The predicted octanol–water partition coefficient (Wildman–Crippen LogP) is 4.30. The first kappa shape index (κ1) is 16.0. The molecule has 0 aliphatic carbocycles. The third-order valence-electron chi connectivity index (χ3n) is 4.07. The number of carbonyl (C=O) groups excluding carboxylic acids is 2. The second-order valence-corrected chi connectivity index (χ2v) is 5.92. The van der Waals surface area contributed by atoms with Gasteiger partial charge in [-0.15, -0.1) is 0 Å². The highest BCUT2D eigenvalue weighted by atomic mass is 16.5. The van der Waals surface area contributed by atoms with Crippen LogP contribution in [0.15, 0.2) is 71.3 Å². The number of nitrogens with zero attached hydrogens (tertiary/aromatic N) is 1. The molecule has 0 unspecified atom stereocenters. The highest BCUT2D eigenvalue weighted by Gasteiger charge is 2.18. The Morgan fingerprint density at radius 2 is 1.77 bits per heavy atom. The Bertz CT molecular complexity index is 1100. The number of carbonyl (C=O) groups is 2. The molecule has 0 bridgehead atoms. The SMILES string of the molecule is O=C(CC(=O)c1cc2cnc3ccccc3c2o1)OCc1ccccc1. The third-order valence-corrected chi connectivity index (χ3v) is 4.07. The molecule has 0 radical (unpaired) electrons. The van der Waals surface area contributed by atoms with E-state index in [1.807, 2.05) is 54.6 Å². The number of hydrogen-bond donors (Lipinski definition) is 0. The van der Waals surface area contributed by atoms with Crippen molar-refractivity contribution in [2.75, 3.05) is 0 Å². The quantitative estimate of drug-likeness (QED) is 0.306. The smallest absolute Gasteiger partial charge is 0.314 e. The lowest BCUT2D eigenvalue weighted by Gasteiger charge is -2.03. The van der Waals surface area contributed by atoms with Crippen LogP contribution in [-0.4, -0.2) is 16.7 Å². The summed E-state index contributed by atoms with van der Waals surface area (Å²) in [5.74, 6) is -0.861. The van der Waals surface area contributed by atoms with Crippen LogP contribution in [0.4, 0.5) is 0 Å². The molecule has 2 aromatic heterocycles. The minimum absolute atomic E-state index is 0.134. The van der Waals surface area contributed by atoms with Gasteiger partial charge in [0, 0.05) is 17.0 Å². The number of fused-ring (bicyclic) bond motifs is 3. The molecule has 0 spiro atoms. The van der Waals surface area contributed by atoms with E-state index >= 15 is 0 Å². The molecule has 5 nitrogen and oxygen atoms in total. The lowest BCUT2D eigenvalue weighted by Crippen LogP contribution is -2.11. The molecule has 4 rings (SSSR count). The number of furan rings is 1. The van der Waals surface area contributed by atoms with E-state index in [-0.39, 0.29) is 18.8 Å². The Morgan fingerprint density at radius 3 is 2.62 bits per heavy atom. The van der Waals surface area contributed by atoms with Gasteiger partial charge in [-0.3, -0.25) is 14.6 Å². The van der Waals surface area contributed by atoms with Crippen LogP contribution >= 0.6 is 0 Å². The fraction of sp³-hybridized carbons (Fsp3) is 0.0952. The van der Waals surface area contributed by atoms with Crippen LogP contribution in [0, 0.1) is 0 Å². The van der Waals surface area contributed by atoms with Crippen molar-refractivity contribution in [3.8, 4) is 0 Å². The van der Waals surface area contributed by atoms with Crippen LogP contribution in [0.5, 0.6) is 0 Å². The van der Waals surface area contributed by atoms with Crippen LogP contribution < -0.4 is 0 Å². The minimum atomic E-state index is -0.581. The first-order chi connectivity index (χ1) is 12.7. The molecule has 0 saturated heterocycles. The topological polar surface area (TPSA) is 69.4 Å². The standard InChI is InChI=1S/C21H15NO4/c23-18(11-20(24)25-13-14-6-2-1-3-7-14)19-10-15-12-22-17-9-5-4-8-16(17)21(15)26-19/h1-10,12H,11,13H2. The summed E-state index contributed by atoms with van der Waals surface area (Å²) < 4.78 is 10.9. The summed E-state index contributed by atoms with van der Waals surface area (Å²) in [5.41, 5.74) is 2.25. The van der Waals surface area contributed by atoms with E-state index in [0.717, 1.165) is 21.9 Å². The van der Waals surface area contributed by atoms with E-state index in [0.29, 0.717) is 5.58 Å². The summed E-state index contributed by atoms with van der Waals surface area (Å²) in [6, 6.07) is 18.5. The van der Waals surface area contributed by atoms with Gasteiger partial charge in [0.2, 0.25) is 5.78 Å². The van der Waals surface area contributed by atoms with Gasteiger partial charge in [0.1, 0.15) is 18.6 Å². The van der Waals surface area contributed by atoms with Crippen molar-refractivity contribution in [2.24, 2.45) is 0 Å². The van der Waals surface area contributed by atoms with Crippen molar-refractivity contribution in [3.63, 3.8) is 0 Å². The maximum Gasteiger partial charge on any atom is 0.314 e. The fourth-order valence-corrected chi connectivity index (χ4v) is 2.77. The Balaban J connectivity index is 1.49. The number of Topliss-reactive ketones (excluding diaryl/α,β-unsaturated/α-hetero) is 1. The molecule has 26 heavy (non-hydrogen) atoms. The van der Waals surface area contributed by atoms with Gasteiger partial charge in [0.15, 0.2) is 5.76 Å². The molecule has 128 valence electrons. The van der Waals surface area contributed by atoms with Gasteiger partial charge in [-0.05, 0) is 23.8 Å². The highest BCUT2D eigenvalue weighted by Crippen LogP contribution is 2.27. The van der Waals surface area contributed by atoms with Crippen molar-refractivity contribution >= 4 is 33.6 Å². The number of ketones is 1. The molecule has 5 heteroatoms. The highest BCUT2D eigenvalue weighted by molar-refractivity contribution is 6.09. The van der Waals surface area contributed by atoms with E-state index in [1.165, 1.54) is 0 Å². The van der Waals surface area contributed by atoms with E-state index in [2.05, 4.69) is 4.98 Å². The van der Waals surface area contributed by atoms with Gasteiger partial charge in [-0.25, -0.2) is 0 Å². The van der Waals surface area contributed by atoms with Gasteiger partial charge in [0.25, 0.3) is 0 Å². The van der Waals surface area contributed by atoms with Gasteiger partial charge >= 0.3 is 5.97 Å². The summed E-state index contributed by atoms with van der Waals surface area (Å²) in [4.78, 5) is 28.6. The fourth-order valence-electron chi connectivity index (χ4n) is 2.77. The van der Waals surface area contributed by atoms with Crippen molar-refractivity contribution in [2.45, 2.75) is 13.0 Å². The zero-order valence-corrected chi connectivity index (χ0v) is 13.8. The van der Waals surface area contributed by atoms with Crippen molar-refractivity contribution < 1.29 is 18.7 Å². The molecular weight excluding hydrogens is 330 g/mol. The summed E-state index contributed by atoms with van der Waals surface area (Å²) in [6.07, 6.45) is 1.30. The maximum atomic E-state index is 12.4. The van der Waals surface area contributed by atoms with Crippen LogP contribution in [0.25, 0.3) is 21.9 Å². The Kier molecular flexibility index (Phi) is 4.19. The van der Waals surface area contributed by atoms with Crippen LogP contribution in [0.2, 0.25) is 0 Å². The predicted molar refractivity (Wildman–Crippen MR) is 96.7 cm³/mol. The zero-order chi connectivity index (χ0) is 17.9. The van der Waals surface area contributed by atoms with Crippen molar-refractivity contribution in [1.82, 2.24) is 4.98 Å². The number of para-hydroxylation sites is 1. The lowest BCUT2D eigenvalue weighted by molar-refractivity contribution is -0.143. The molecule has 4 aromatic rings. The number of esters is 1. The van der Waals surface area contributed by atoms with Gasteiger partial charge < -0.3 is 9.15 Å². The molecule has 2 aromatic carbocycles. The summed E-state index contributed by atoms with van der Waals surface area (Å²) in [5, 5.41) is 1.56. The lowest BCUT2D eigenvalue weighted by atomic mass is 10.1. The number of pyridine rings is 1. The number of aromatic nitrogens is 1.